The van der Waals surface area contributed by atoms with E-state index >= 15 is 0 Å². The first kappa shape index (κ1) is 11.3. The fraction of sp³-hybridized carbons (Fsp3) is 0.375. The predicted molar refractivity (Wildman–Crippen MR) is 47.0 cm³/mol. The maximum atomic E-state index is 12.4. The van der Waals surface area contributed by atoms with E-state index in [1.165, 1.54) is 6.20 Å². The van der Waals surface area contributed by atoms with Crippen molar-refractivity contribution < 1.29 is 13.2 Å². The van der Waals surface area contributed by atoms with E-state index < -0.39 is 11.7 Å². The van der Waals surface area contributed by atoms with Crippen LogP contribution in [0.5, 0.6) is 0 Å². The summed E-state index contributed by atoms with van der Waals surface area (Å²) in [7, 11) is 1.55. The predicted octanol–water partition coefficient (Wildman–Crippen LogP) is 2.47. The van der Waals surface area contributed by atoms with Gasteiger partial charge in [-0.1, -0.05) is 11.6 Å². The van der Waals surface area contributed by atoms with E-state index in [9.17, 15) is 13.2 Å². The molecule has 0 saturated carbocycles. The summed E-state index contributed by atoms with van der Waals surface area (Å²) < 4.78 is 37.3. The molecule has 14 heavy (non-hydrogen) atoms. The van der Waals surface area contributed by atoms with Gasteiger partial charge in [-0.3, -0.25) is 4.98 Å². The summed E-state index contributed by atoms with van der Waals surface area (Å²) in [5, 5.41) is 2.65. The first-order chi connectivity index (χ1) is 6.46. The lowest BCUT2D eigenvalue weighted by Crippen LogP contribution is -2.15. The molecule has 1 rings (SSSR count). The lowest BCUT2D eigenvalue weighted by molar-refractivity contribution is -0.138. The summed E-state index contributed by atoms with van der Waals surface area (Å²) in [6, 6.07) is 0. The fourth-order valence-electron chi connectivity index (χ4n) is 1.06. The van der Waals surface area contributed by atoms with Gasteiger partial charge in [0.1, 0.15) is 0 Å². The van der Waals surface area contributed by atoms with Gasteiger partial charge in [-0.05, 0) is 12.6 Å². The van der Waals surface area contributed by atoms with Gasteiger partial charge in [0.2, 0.25) is 0 Å². The third-order valence-corrected chi connectivity index (χ3v) is 1.99. The molecule has 0 aliphatic rings. The Kier molecular flexibility index (Phi) is 3.34. The summed E-state index contributed by atoms with van der Waals surface area (Å²) in [5.74, 6) is 0. The Labute approximate surface area is 84.1 Å². The second-order valence-corrected chi connectivity index (χ2v) is 3.08. The minimum Gasteiger partial charge on any atom is -0.316 e. The molecule has 1 heterocycles. The molecule has 0 fully saturated rings. The van der Waals surface area contributed by atoms with Gasteiger partial charge < -0.3 is 5.32 Å². The Morgan fingerprint density at radius 3 is 2.57 bits per heavy atom. The van der Waals surface area contributed by atoms with Crippen molar-refractivity contribution in [1.29, 1.82) is 0 Å². The van der Waals surface area contributed by atoms with Gasteiger partial charge >= 0.3 is 6.18 Å². The van der Waals surface area contributed by atoms with Crippen LogP contribution in [0.2, 0.25) is 5.02 Å². The van der Waals surface area contributed by atoms with Crippen molar-refractivity contribution in [2.45, 2.75) is 12.7 Å². The molecule has 0 spiro atoms. The van der Waals surface area contributed by atoms with Gasteiger partial charge in [0, 0.05) is 18.9 Å². The Balaban J connectivity index is 3.21. The van der Waals surface area contributed by atoms with E-state index in [-0.39, 0.29) is 17.1 Å². The van der Waals surface area contributed by atoms with Crippen LogP contribution in [0, 0.1) is 0 Å². The van der Waals surface area contributed by atoms with Crippen molar-refractivity contribution in [3.05, 3.63) is 28.5 Å². The fourth-order valence-corrected chi connectivity index (χ4v) is 1.29. The molecule has 1 N–H and O–H groups in total. The molecule has 0 unspecified atom stereocenters. The first-order valence-electron chi connectivity index (χ1n) is 3.81. The average molecular weight is 225 g/mol. The molecule has 0 saturated heterocycles. The third-order valence-electron chi connectivity index (χ3n) is 1.66. The highest BCUT2D eigenvalue weighted by atomic mass is 35.5. The van der Waals surface area contributed by atoms with Crippen molar-refractivity contribution in [2.24, 2.45) is 0 Å². The molecule has 0 radical (unpaired) electrons. The maximum Gasteiger partial charge on any atom is 0.418 e. The van der Waals surface area contributed by atoms with Crippen LogP contribution < -0.4 is 5.32 Å². The van der Waals surface area contributed by atoms with Crippen molar-refractivity contribution in [3.63, 3.8) is 0 Å². The van der Waals surface area contributed by atoms with Crippen LogP contribution in [0.3, 0.4) is 0 Å². The highest BCUT2D eigenvalue weighted by Gasteiger charge is 2.34. The first-order valence-corrected chi connectivity index (χ1v) is 4.18. The molecule has 0 bridgehead atoms. The van der Waals surface area contributed by atoms with E-state index in [0.29, 0.717) is 0 Å². The number of alkyl halides is 3. The van der Waals surface area contributed by atoms with E-state index in [0.717, 1.165) is 6.20 Å². The van der Waals surface area contributed by atoms with Crippen molar-refractivity contribution in [1.82, 2.24) is 10.3 Å². The Bertz CT molecular complexity index is 325. The number of aromatic nitrogens is 1. The molecule has 1 aromatic heterocycles. The minimum absolute atomic E-state index is 0.0224. The molecule has 6 heteroatoms. The van der Waals surface area contributed by atoms with Crippen LogP contribution in [-0.2, 0) is 12.7 Å². The van der Waals surface area contributed by atoms with Crippen LogP contribution in [-0.4, -0.2) is 12.0 Å². The van der Waals surface area contributed by atoms with E-state index in [2.05, 4.69) is 10.3 Å². The molecule has 0 amide bonds. The average Bonchev–Trinajstić information content (AvgIpc) is 2.07. The number of pyridine rings is 1. The molecule has 1 aromatic rings. The van der Waals surface area contributed by atoms with Gasteiger partial charge in [0.15, 0.2) is 0 Å². The number of nitrogens with one attached hydrogen (secondary N) is 1. The van der Waals surface area contributed by atoms with Gasteiger partial charge in [-0.25, -0.2) is 0 Å². The molecule has 0 aliphatic heterocycles. The SMILES string of the molecule is CNCc1c(Cl)cncc1C(F)(F)F. The van der Waals surface area contributed by atoms with Gasteiger partial charge in [-0.15, -0.1) is 0 Å². The molecule has 0 atom stereocenters. The number of rotatable bonds is 2. The highest BCUT2D eigenvalue weighted by Crippen LogP contribution is 2.33. The monoisotopic (exact) mass is 224 g/mol. The standard InChI is InChI=1S/C8H8ClF3N2/c1-13-2-5-6(8(10,11)12)3-14-4-7(5)9/h3-4,13H,2H2,1H3. The summed E-state index contributed by atoms with van der Waals surface area (Å²) in [6.45, 7) is 0.0657. The quantitative estimate of drug-likeness (QED) is 0.835. The highest BCUT2D eigenvalue weighted by molar-refractivity contribution is 6.31. The zero-order valence-electron chi connectivity index (χ0n) is 7.32. The van der Waals surface area contributed by atoms with Crippen LogP contribution in [0.15, 0.2) is 12.4 Å². The van der Waals surface area contributed by atoms with E-state index in [4.69, 9.17) is 11.6 Å². The molecule has 0 aromatic carbocycles. The second kappa shape index (κ2) is 4.14. The topological polar surface area (TPSA) is 24.9 Å². The Morgan fingerprint density at radius 1 is 1.43 bits per heavy atom. The maximum absolute atomic E-state index is 12.4. The summed E-state index contributed by atoms with van der Waals surface area (Å²) in [5.41, 5.74) is -0.768. The van der Waals surface area contributed by atoms with E-state index in [1.807, 2.05) is 0 Å². The largest absolute Gasteiger partial charge is 0.418 e. The zero-order valence-corrected chi connectivity index (χ0v) is 8.08. The summed E-state index contributed by atoms with van der Waals surface area (Å²) in [6.07, 6.45) is -2.44. The Morgan fingerprint density at radius 2 is 2.07 bits per heavy atom. The number of halogens is 4. The van der Waals surface area contributed by atoms with Gasteiger partial charge in [0.25, 0.3) is 0 Å². The lowest BCUT2D eigenvalue weighted by Gasteiger charge is -2.12. The smallest absolute Gasteiger partial charge is 0.316 e. The van der Waals surface area contributed by atoms with Crippen LogP contribution in [0.25, 0.3) is 0 Å². The van der Waals surface area contributed by atoms with E-state index in [1.54, 1.807) is 7.05 Å². The number of hydrogen-bond acceptors (Lipinski definition) is 2. The number of nitrogens with zero attached hydrogens (tertiary/aromatic N) is 1. The molecule has 2 nitrogen and oxygen atoms in total. The van der Waals surface area contributed by atoms with Gasteiger partial charge in [0.05, 0.1) is 10.6 Å². The van der Waals surface area contributed by atoms with Crippen LogP contribution in [0.1, 0.15) is 11.1 Å². The summed E-state index contributed by atoms with van der Waals surface area (Å²) >= 11 is 5.61. The van der Waals surface area contributed by atoms with Crippen LogP contribution >= 0.6 is 11.6 Å². The molecule has 78 valence electrons. The van der Waals surface area contributed by atoms with Gasteiger partial charge in [-0.2, -0.15) is 13.2 Å². The zero-order chi connectivity index (χ0) is 10.8. The molecule has 0 aliphatic carbocycles. The second-order valence-electron chi connectivity index (χ2n) is 2.68. The number of hydrogen-bond donors (Lipinski definition) is 1. The molecular weight excluding hydrogens is 217 g/mol. The summed E-state index contributed by atoms with van der Waals surface area (Å²) in [4.78, 5) is 3.41. The Hall–Kier alpha value is -0.810. The molecular formula is C8H8ClF3N2. The lowest BCUT2D eigenvalue weighted by atomic mass is 10.1. The van der Waals surface area contributed by atoms with Crippen molar-refractivity contribution in [2.75, 3.05) is 7.05 Å². The normalized spacial score (nSPS) is 11.8. The van der Waals surface area contributed by atoms with Crippen LogP contribution in [0.4, 0.5) is 13.2 Å². The van der Waals surface area contributed by atoms with Crippen molar-refractivity contribution >= 4 is 11.6 Å². The van der Waals surface area contributed by atoms with Crippen molar-refractivity contribution in [3.8, 4) is 0 Å². The minimum atomic E-state index is -4.41. The third kappa shape index (κ3) is 2.36.